The van der Waals surface area contributed by atoms with Crippen LogP contribution < -0.4 is 10.2 Å². The molecule has 0 spiro atoms. The van der Waals surface area contributed by atoms with Crippen molar-refractivity contribution in [2.24, 2.45) is 0 Å². The number of halogens is 1. The number of amides is 1. The average molecular weight is 345 g/mol. The molecule has 1 aliphatic rings. The molecule has 0 aliphatic carbocycles. The molecule has 0 fully saturated rings. The van der Waals surface area contributed by atoms with E-state index in [1.54, 1.807) is 6.07 Å². The lowest BCUT2D eigenvalue weighted by Gasteiger charge is -2.20. The van der Waals surface area contributed by atoms with E-state index in [0.29, 0.717) is 11.3 Å². The lowest BCUT2D eigenvalue weighted by molar-refractivity contribution is -0.112. The van der Waals surface area contributed by atoms with Crippen LogP contribution in [0, 0.1) is 0 Å². The summed E-state index contributed by atoms with van der Waals surface area (Å²) in [6.07, 6.45) is 0. The first-order valence-corrected chi connectivity index (χ1v) is 7.30. The van der Waals surface area contributed by atoms with E-state index in [2.05, 4.69) is 32.2 Å². The summed E-state index contributed by atoms with van der Waals surface area (Å²) in [5.41, 5.74) is 3.14. The van der Waals surface area contributed by atoms with Crippen LogP contribution in [0.5, 0.6) is 0 Å². The Morgan fingerprint density at radius 2 is 1.90 bits per heavy atom. The van der Waals surface area contributed by atoms with E-state index in [1.807, 2.05) is 37.4 Å². The van der Waals surface area contributed by atoms with Gasteiger partial charge in [-0.1, -0.05) is 34.1 Å². The minimum absolute atomic E-state index is 0.443. The molecular formula is C16H13BrN2O2. The Morgan fingerprint density at radius 1 is 1.14 bits per heavy atom. The van der Waals surface area contributed by atoms with Crippen LogP contribution >= 0.6 is 15.9 Å². The molecule has 1 aliphatic heterocycles. The highest BCUT2D eigenvalue weighted by molar-refractivity contribution is 9.10. The molecular weight excluding hydrogens is 332 g/mol. The number of hydrogen-bond acceptors (Lipinski definition) is 3. The topological polar surface area (TPSA) is 49.4 Å². The predicted molar refractivity (Wildman–Crippen MR) is 85.7 cm³/mol. The second-order valence-corrected chi connectivity index (χ2v) is 5.81. The molecule has 1 heterocycles. The van der Waals surface area contributed by atoms with Crippen molar-refractivity contribution in [2.45, 2.75) is 6.54 Å². The number of rotatable bonds is 3. The Bertz CT molecular complexity index is 743. The summed E-state index contributed by atoms with van der Waals surface area (Å²) < 4.78 is 1.06. The monoisotopic (exact) mass is 344 g/mol. The van der Waals surface area contributed by atoms with Crippen molar-refractivity contribution in [3.05, 3.63) is 58.1 Å². The normalized spacial score (nSPS) is 13.0. The molecule has 0 atom stereocenters. The van der Waals surface area contributed by atoms with Gasteiger partial charge in [0.2, 0.25) is 0 Å². The molecule has 21 heavy (non-hydrogen) atoms. The number of nitrogens with one attached hydrogen (secondary N) is 1. The summed E-state index contributed by atoms with van der Waals surface area (Å²) in [6.45, 7) is 0.724. The minimum atomic E-state index is -0.560. The van der Waals surface area contributed by atoms with Gasteiger partial charge >= 0.3 is 0 Å². The molecule has 5 heteroatoms. The second kappa shape index (κ2) is 5.33. The van der Waals surface area contributed by atoms with Crippen LogP contribution in [-0.2, 0) is 11.3 Å². The molecule has 1 amide bonds. The van der Waals surface area contributed by atoms with Crippen LogP contribution in [0.25, 0.3) is 0 Å². The largest absolute Gasteiger partial charge is 0.370 e. The Labute approximate surface area is 130 Å². The molecule has 3 rings (SSSR count). The van der Waals surface area contributed by atoms with Gasteiger partial charge in [-0.15, -0.1) is 0 Å². The molecule has 0 saturated carbocycles. The van der Waals surface area contributed by atoms with E-state index < -0.39 is 11.7 Å². The van der Waals surface area contributed by atoms with Gasteiger partial charge in [0.25, 0.3) is 11.7 Å². The third kappa shape index (κ3) is 2.56. The number of ketones is 1. The number of Topliss-reactive ketones (excluding diaryl/α,β-unsaturated/α-hetero) is 1. The summed E-state index contributed by atoms with van der Waals surface area (Å²) in [5.74, 6) is -1.03. The highest BCUT2D eigenvalue weighted by Gasteiger charge is 2.28. The molecule has 106 valence electrons. The predicted octanol–water partition coefficient (Wildman–Crippen LogP) is 3.22. The number of fused-ring (bicyclic) bond motifs is 1. The third-order valence-electron chi connectivity index (χ3n) is 3.51. The molecule has 2 aromatic carbocycles. The zero-order chi connectivity index (χ0) is 15.0. The summed E-state index contributed by atoms with van der Waals surface area (Å²) in [7, 11) is 1.97. The smallest absolute Gasteiger partial charge is 0.296 e. The highest BCUT2D eigenvalue weighted by atomic mass is 79.9. The molecule has 0 radical (unpaired) electrons. The number of hydrogen-bond donors (Lipinski definition) is 1. The maximum Gasteiger partial charge on any atom is 0.296 e. The first-order valence-electron chi connectivity index (χ1n) is 6.50. The summed E-state index contributed by atoms with van der Waals surface area (Å²) in [5, 5.41) is 2.59. The Hall–Kier alpha value is -2.14. The van der Waals surface area contributed by atoms with E-state index >= 15 is 0 Å². The van der Waals surface area contributed by atoms with Crippen LogP contribution in [0.1, 0.15) is 15.9 Å². The van der Waals surface area contributed by atoms with E-state index in [0.717, 1.165) is 16.7 Å². The van der Waals surface area contributed by atoms with Crippen molar-refractivity contribution in [1.82, 2.24) is 0 Å². The van der Waals surface area contributed by atoms with Crippen molar-refractivity contribution in [1.29, 1.82) is 0 Å². The van der Waals surface area contributed by atoms with E-state index in [4.69, 9.17) is 0 Å². The molecule has 0 aromatic heterocycles. The van der Waals surface area contributed by atoms with E-state index in [9.17, 15) is 9.59 Å². The quantitative estimate of drug-likeness (QED) is 0.869. The van der Waals surface area contributed by atoms with Gasteiger partial charge in [-0.25, -0.2) is 0 Å². The standard InChI is InChI=1S/C16H13BrN2O2/c1-19(9-10-4-2-3-5-13(10)17)11-6-7-12-14(8-11)18-16(21)15(12)20/h2-8H,9H2,1H3,(H,18,20,21). The lowest BCUT2D eigenvalue weighted by atomic mass is 10.1. The fourth-order valence-electron chi connectivity index (χ4n) is 2.35. The van der Waals surface area contributed by atoms with Gasteiger partial charge in [-0.3, -0.25) is 9.59 Å². The fraction of sp³-hybridized carbons (Fsp3) is 0.125. The van der Waals surface area contributed by atoms with Gasteiger partial charge in [-0.05, 0) is 29.8 Å². The first kappa shape index (κ1) is 13.8. The number of benzene rings is 2. The maximum absolute atomic E-state index is 11.6. The number of carbonyl (C=O) groups excluding carboxylic acids is 2. The Morgan fingerprint density at radius 3 is 2.67 bits per heavy atom. The lowest BCUT2D eigenvalue weighted by Crippen LogP contribution is -2.16. The highest BCUT2D eigenvalue weighted by Crippen LogP contribution is 2.29. The van der Waals surface area contributed by atoms with Gasteiger partial charge in [0.1, 0.15) is 0 Å². The SMILES string of the molecule is CN(Cc1ccccc1Br)c1ccc2c(c1)NC(=O)C2=O. The zero-order valence-corrected chi connectivity index (χ0v) is 13.0. The van der Waals surface area contributed by atoms with Crippen LogP contribution in [0.4, 0.5) is 11.4 Å². The summed E-state index contributed by atoms with van der Waals surface area (Å²) >= 11 is 3.53. The second-order valence-electron chi connectivity index (χ2n) is 4.96. The number of nitrogens with zero attached hydrogens (tertiary/aromatic N) is 1. The number of anilines is 2. The molecule has 0 unspecified atom stereocenters. The van der Waals surface area contributed by atoms with Crippen LogP contribution in [0.15, 0.2) is 46.9 Å². The van der Waals surface area contributed by atoms with Crippen molar-refractivity contribution in [3.63, 3.8) is 0 Å². The van der Waals surface area contributed by atoms with Gasteiger partial charge in [0.15, 0.2) is 0 Å². The minimum Gasteiger partial charge on any atom is -0.370 e. The molecule has 4 nitrogen and oxygen atoms in total. The van der Waals surface area contributed by atoms with Crippen molar-refractivity contribution >= 4 is 39.0 Å². The van der Waals surface area contributed by atoms with Crippen LogP contribution in [0.3, 0.4) is 0 Å². The maximum atomic E-state index is 11.6. The Balaban J connectivity index is 1.85. The van der Waals surface area contributed by atoms with Gasteiger partial charge in [-0.2, -0.15) is 0 Å². The van der Waals surface area contributed by atoms with Gasteiger partial charge < -0.3 is 10.2 Å². The molecule has 2 aromatic rings. The zero-order valence-electron chi connectivity index (χ0n) is 11.4. The molecule has 0 bridgehead atoms. The van der Waals surface area contributed by atoms with Crippen molar-refractivity contribution < 1.29 is 9.59 Å². The van der Waals surface area contributed by atoms with Crippen molar-refractivity contribution in [2.75, 3.05) is 17.3 Å². The first-order chi connectivity index (χ1) is 10.1. The van der Waals surface area contributed by atoms with E-state index in [1.165, 1.54) is 5.56 Å². The van der Waals surface area contributed by atoms with Gasteiger partial charge in [0, 0.05) is 23.8 Å². The van der Waals surface area contributed by atoms with Crippen LogP contribution in [-0.4, -0.2) is 18.7 Å². The summed E-state index contributed by atoms with van der Waals surface area (Å²) in [6, 6.07) is 13.4. The average Bonchev–Trinajstić information content (AvgIpc) is 2.76. The fourth-order valence-corrected chi connectivity index (χ4v) is 2.76. The third-order valence-corrected chi connectivity index (χ3v) is 4.28. The van der Waals surface area contributed by atoms with Crippen LogP contribution in [0.2, 0.25) is 0 Å². The molecule has 0 saturated heterocycles. The Kier molecular flexibility index (Phi) is 3.51. The van der Waals surface area contributed by atoms with Crippen molar-refractivity contribution in [3.8, 4) is 0 Å². The molecule has 1 N–H and O–H groups in total. The number of carbonyl (C=O) groups is 2. The van der Waals surface area contributed by atoms with Gasteiger partial charge in [0.05, 0.1) is 11.3 Å². The summed E-state index contributed by atoms with van der Waals surface area (Å²) in [4.78, 5) is 25.0. The van der Waals surface area contributed by atoms with E-state index in [-0.39, 0.29) is 0 Å².